The average Bonchev–Trinajstić information content (AvgIpc) is 2.77. The molecule has 0 bridgehead atoms. The van der Waals surface area contributed by atoms with Gasteiger partial charge in [-0.1, -0.05) is 6.92 Å². The zero-order valence-corrected chi connectivity index (χ0v) is 13.2. The van der Waals surface area contributed by atoms with Gasteiger partial charge in [0.2, 0.25) is 0 Å². The lowest BCUT2D eigenvalue weighted by Gasteiger charge is -2.20. The fraction of sp³-hybridized carbons (Fsp3) is 0.600. The summed E-state index contributed by atoms with van der Waals surface area (Å²) in [6.45, 7) is 4.84. The van der Waals surface area contributed by atoms with E-state index in [9.17, 15) is 12.8 Å². The number of hydrogen-bond acceptors (Lipinski definition) is 4. The second-order valence-corrected chi connectivity index (χ2v) is 7.73. The molecule has 1 saturated heterocycles. The highest BCUT2D eigenvalue weighted by atomic mass is 32.2. The maximum Gasteiger partial charge on any atom is 0.154 e. The van der Waals surface area contributed by atoms with Gasteiger partial charge in [-0.25, -0.2) is 12.8 Å². The summed E-state index contributed by atoms with van der Waals surface area (Å²) in [5.74, 6) is 0.453. The van der Waals surface area contributed by atoms with Crippen LogP contribution in [0.25, 0.3) is 0 Å². The van der Waals surface area contributed by atoms with Crippen LogP contribution in [0.3, 0.4) is 0 Å². The van der Waals surface area contributed by atoms with E-state index in [4.69, 9.17) is 4.74 Å². The Kier molecular flexibility index (Phi) is 5.22. The first-order valence-electron chi connectivity index (χ1n) is 7.31. The van der Waals surface area contributed by atoms with Crippen molar-refractivity contribution in [3.63, 3.8) is 0 Å². The van der Waals surface area contributed by atoms with Gasteiger partial charge in [-0.05, 0) is 44.5 Å². The molecule has 2 atom stereocenters. The van der Waals surface area contributed by atoms with E-state index in [2.05, 4.69) is 12.2 Å². The average molecular weight is 315 g/mol. The molecule has 2 unspecified atom stereocenters. The molecule has 1 aromatic carbocycles. The van der Waals surface area contributed by atoms with Crippen molar-refractivity contribution in [3.8, 4) is 5.75 Å². The summed E-state index contributed by atoms with van der Waals surface area (Å²) < 4.78 is 42.3. The Morgan fingerprint density at radius 3 is 2.86 bits per heavy atom. The molecule has 0 amide bonds. The standard InChI is InChI=1S/C15H22FNO3S/c1-3-7-17-11(2)14-9-12(16)4-5-15(14)20-13-6-8-21(18,19)10-13/h4-5,9,11,13,17H,3,6-8,10H2,1-2H3. The van der Waals surface area contributed by atoms with Gasteiger partial charge in [-0.15, -0.1) is 0 Å². The number of nitrogens with one attached hydrogen (secondary N) is 1. The fourth-order valence-electron chi connectivity index (χ4n) is 2.47. The molecule has 6 heteroatoms. The van der Waals surface area contributed by atoms with Gasteiger partial charge in [0.25, 0.3) is 0 Å². The first-order chi connectivity index (χ1) is 9.91. The molecule has 1 fully saturated rings. The fourth-order valence-corrected chi connectivity index (χ4v) is 4.06. The third kappa shape index (κ3) is 4.41. The summed E-state index contributed by atoms with van der Waals surface area (Å²) in [4.78, 5) is 0. The maximum absolute atomic E-state index is 13.5. The predicted octanol–water partition coefficient (Wildman–Crippen LogP) is 2.45. The van der Waals surface area contributed by atoms with Crippen LogP contribution in [0, 0.1) is 5.82 Å². The highest BCUT2D eigenvalue weighted by Gasteiger charge is 2.30. The van der Waals surface area contributed by atoms with E-state index in [-0.39, 0.29) is 29.5 Å². The maximum atomic E-state index is 13.5. The van der Waals surface area contributed by atoms with Gasteiger partial charge in [-0.2, -0.15) is 0 Å². The minimum absolute atomic E-state index is 0.0422. The van der Waals surface area contributed by atoms with E-state index < -0.39 is 9.84 Å². The molecule has 4 nitrogen and oxygen atoms in total. The lowest BCUT2D eigenvalue weighted by atomic mass is 10.1. The third-order valence-corrected chi connectivity index (χ3v) is 5.36. The molecule has 0 aliphatic carbocycles. The Morgan fingerprint density at radius 1 is 1.48 bits per heavy atom. The minimum atomic E-state index is -2.99. The van der Waals surface area contributed by atoms with Crippen molar-refractivity contribution in [1.29, 1.82) is 0 Å². The Morgan fingerprint density at radius 2 is 2.24 bits per heavy atom. The van der Waals surface area contributed by atoms with E-state index in [1.165, 1.54) is 12.1 Å². The number of sulfone groups is 1. The zero-order chi connectivity index (χ0) is 15.5. The lowest BCUT2D eigenvalue weighted by Crippen LogP contribution is -2.23. The van der Waals surface area contributed by atoms with Crippen LogP contribution >= 0.6 is 0 Å². The number of halogens is 1. The Balaban J connectivity index is 2.15. The van der Waals surface area contributed by atoms with E-state index in [1.54, 1.807) is 6.07 Å². The van der Waals surface area contributed by atoms with Crippen molar-refractivity contribution in [2.24, 2.45) is 0 Å². The molecule has 1 N–H and O–H groups in total. The van der Waals surface area contributed by atoms with Crippen LogP contribution in [-0.2, 0) is 9.84 Å². The topological polar surface area (TPSA) is 55.4 Å². The minimum Gasteiger partial charge on any atom is -0.489 e. The molecule has 1 aliphatic heterocycles. The van der Waals surface area contributed by atoms with Gasteiger partial charge in [0.1, 0.15) is 17.7 Å². The normalized spacial score (nSPS) is 22.1. The monoisotopic (exact) mass is 315 g/mol. The third-order valence-electron chi connectivity index (χ3n) is 3.62. The molecular weight excluding hydrogens is 293 g/mol. The van der Waals surface area contributed by atoms with Crippen molar-refractivity contribution < 1.29 is 17.5 Å². The highest BCUT2D eigenvalue weighted by Crippen LogP contribution is 2.29. The van der Waals surface area contributed by atoms with Crippen LogP contribution in [0.4, 0.5) is 4.39 Å². The highest BCUT2D eigenvalue weighted by molar-refractivity contribution is 7.91. The van der Waals surface area contributed by atoms with Gasteiger partial charge in [0, 0.05) is 11.6 Å². The van der Waals surface area contributed by atoms with Crippen LogP contribution in [0.1, 0.15) is 38.3 Å². The van der Waals surface area contributed by atoms with Gasteiger partial charge in [-0.3, -0.25) is 0 Å². The first kappa shape index (κ1) is 16.2. The van der Waals surface area contributed by atoms with Crippen LogP contribution in [-0.4, -0.2) is 32.6 Å². The first-order valence-corrected chi connectivity index (χ1v) is 9.13. The molecule has 1 aliphatic rings. The Labute approximate surface area is 125 Å². The summed E-state index contributed by atoms with van der Waals surface area (Å²) >= 11 is 0. The summed E-state index contributed by atoms with van der Waals surface area (Å²) in [5.41, 5.74) is 0.729. The quantitative estimate of drug-likeness (QED) is 0.876. The number of rotatable bonds is 6. The summed E-state index contributed by atoms with van der Waals surface area (Å²) in [6, 6.07) is 4.33. The summed E-state index contributed by atoms with van der Waals surface area (Å²) in [6.07, 6.45) is 1.14. The molecule has 118 valence electrons. The van der Waals surface area contributed by atoms with Gasteiger partial charge < -0.3 is 10.1 Å². The molecule has 0 saturated carbocycles. The van der Waals surface area contributed by atoms with Crippen molar-refractivity contribution in [2.75, 3.05) is 18.1 Å². The van der Waals surface area contributed by atoms with E-state index in [1.807, 2.05) is 6.92 Å². The van der Waals surface area contributed by atoms with Crippen LogP contribution < -0.4 is 10.1 Å². The van der Waals surface area contributed by atoms with Crippen LogP contribution in [0.5, 0.6) is 5.75 Å². The molecule has 1 aromatic rings. The number of ether oxygens (including phenoxy) is 1. The molecule has 0 aromatic heterocycles. The molecule has 2 rings (SSSR count). The van der Waals surface area contributed by atoms with Crippen molar-refractivity contribution >= 4 is 9.84 Å². The van der Waals surface area contributed by atoms with E-state index in [0.717, 1.165) is 18.5 Å². The second-order valence-electron chi connectivity index (χ2n) is 5.50. The second kappa shape index (κ2) is 6.75. The van der Waals surface area contributed by atoms with E-state index >= 15 is 0 Å². The zero-order valence-electron chi connectivity index (χ0n) is 12.4. The van der Waals surface area contributed by atoms with Crippen LogP contribution in [0.2, 0.25) is 0 Å². The summed E-state index contributed by atoms with van der Waals surface area (Å²) in [7, 11) is -2.99. The number of benzene rings is 1. The molecule has 0 radical (unpaired) electrons. The number of hydrogen-bond donors (Lipinski definition) is 1. The molecule has 0 spiro atoms. The van der Waals surface area contributed by atoms with Crippen molar-refractivity contribution in [1.82, 2.24) is 5.32 Å². The molecule has 1 heterocycles. The predicted molar refractivity (Wildman–Crippen MR) is 80.8 cm³/mol. The largest absolute Gasteiger partial charge is 0.489 e. The molecule has 21 heavy (non-hydrogen) atoms. The van der Waals surface area contributed by atoms with Gasteiger partial charge >= 0.3 is 0 Å². The SMILES string of the molecule is CCCNC(C)c1cc(F)ccc1OC1CCS(=O)(=O)C1. The Hall–Kier alpha value is -1.14. The van der Waals surface area contributed by atoms with Crippen molar-refractivity contribution in [3.05, 3.63) is 29.6 Å². The smallest absolute Gasteiger partial charge is 0.154 e. The summed E-state index contributed by atoms with van der Waals surface area (Å²) in [5, 5.41) is 3.29. The molecular formula is C15H22FNO3S. The lowest BCUT2D eigenvalue weighted by molar-refractivity contribution is 0.224. The van der Waals surface area contributed by atoms with Crippen LogP contribution in [0.15, 0.2) is 18.2 Å². The van der Waals surface area contributed by atoms with Gasteiger partial charge in [0.15, 0.2) is 9.84 Å². The Bertz CT molecular complexity index is 589. The van der Waals surface area contributed by atoms with Crippen molar-refractivity contribution in [2.45, 2.75) is 38.8 Å². The van der Waals surface area contributed by atoms with Gasteiger partial charge in [0.05, 0.1) is 11.5 Å². The van der Waals surface area contributed by atoms with E-state index in [0.29, 0.717) is 12.2 Å².